The summed E-state index contributed by atoms with van der Waals surface area (Å²) in [7, 11) is 0. The number of hydrogen-bond acceptors (Lipinski definition) is 0. The van der Waals surface area contributed by atoms with Crippen molar-refractivity contribution in [3.05, 3.63) is 0 Å². The van der Waals surface area contributed by atoms with Crippen LogP contribution in [0.15, 0.2) is 0 Å². The topological polar surface area (TPSA) is 0 Å². The number of unbranched alkanes of at least 4 members (excludes halogenated alkanes) is 4. The Morgan fingerprint density at radius 2 is 1.44 bits per heavy atom. The molecule has 1 atom stereocenters. The summed E-state index contributed by atoms with van der Waals surface area (Å²) in [5.41, 5.74) is 0. The van der Waals surface area contributed by atoms with Crippen molar-refractivity contribution in [1.29, 1.82) is 0 Å². The molecule has 0 radical (unpaired) electrons. The number of hydrogen-bond donors (Lipinski definition) is 0. The first-order valence-electron chi connectivity index (χ1n) is 7.02. The van der Waals surface area contributed by atoms with Crippen LogP contribution in [0.2, 0.25) is 0 Å². The Morgan fingerprint density at radius 3 is 2.00 bits per heavy atom. The second-order valence-electron chi connectivity index (χ2n) is 5.70. The van der Waals surface area contributed by atoms with E-state index in [0.717, 1.165) is 12.3 Å². The molecule has 16 heavy (non-hydrogen) atoms. The lowest BCUT2D eigenvalue weighted by atomic mass is 9.98. The van der Waals surface area contributed by atoms with Crippen LogP contribution in [0.25, 0.3) is 0 Å². The van der Waals surface area contributed by atoms with Crippen molar-refractivity contribution >= 4 is 0 Å². The molecule has 0 aromatic rings. The van der Waals surface area contributed by atoms with E-state index in [4.69, 9.17) is 0 Å². The lowest BCUT2D eigenvalue weighted by Crippen LogP contribution is -1.99. The number of rotatable bonds is 7. The molecule has 0 aromatic carbocycles. The molecular weight excluding hydrogens is 192 g/mol. The average molecular weight is 222 g/mol. The quantitative estimate of drug-likeness (QED) is 0.406. The molecule has 0 unspecified atom stereocenters. The lowest BCUT2D eigenvalue weighted by Gasteiger charge is -2.06. The van der Waals surface area contributed by atoms with Gasteiger partial charge in [0.05, 0.1) is 0 Å². The first-order valence-corrected chi connectivity index (χ1v) is 7.02. The summed E-state index contributed by atoms with van der Waals surface area (Å²) in [5, 5.41) is 0. The van der Waals surface area contributed by atoms with Gasteiger partial charge in [0.15, 0.2) is 0 Å². The highest BCUT2D eigenvalue weighted by Crippen LogP contribution is 2.11. The third-order valence-corrected chi connectivity index (χ3v) is 3.16. The van der Waals surface area contributed by atoms with Gasteiger partial charge in [-0.2, -0.15) is 0 Å². The van der Waals surface area contributed by atoms with Crippen LogP contribution in [-0.4, -0.2) is 0 Å². The Labute approximate surface area is 103 Å². The van der Waals surface area contributed by atoms with Gasteiger partial charge in [-0.05, 0) is 18.3 Å². The fourth-order valence-corrected chi connectivity index (χ4v) is 1.52. The zero-order valence-electron chi connectivity index (χ0n) is 12.0. The molecule has 94 valence electrons. The van der Waals surface area contributed by atoms with E-state index < -0.39 is 0 Å². The maximum absolute atomic E-state index is 3.34. The van der Waals surface area contributed by atoms with Gasteiger partial charge in [-0.15, -0.1) is 5.92 Å². The van der Waals surface area contributed by atoms with E-state index in [9.17, 15) is 0 Å². The van der Waals surface area contributed by atoms with E-state index in [1.165, 1.54) is 32.1 Å². The molecule has 0 aliphatic heterocycles. The molecule has 0 N–H and O–H groups in total. The van der Waals surface area contributed by atoms with E-state index in [1.54, 1.807) is 0 Å². The van der Waals surface area contributed by atoms with Gasteiger partial charge in [0.25, 0.3) is 0 Å². The van der Waals surface area contributed by atoms with Gasteiger partial charge in [-0.1, -0.05) is 66.2 Å². The minimum atomic E-state index is 0.556. The van der Waals surface area contributed by atoms with Gasteiger partial charge < -0.3 is 0 Å². The van der Waals surface area contributed by atoms with Gasteiger partial charge >= 0.3 is 0 Å². The van der Waals surface area contributed by atoms with Crippen molar-refractivity contribution in [2.75, 3.05) is 0 Å². The van der Waals surface area contributed by atoms with Crippen molar-refractivity contribution < 1.29 is 0 Å². The molecule has 0 spiro atoms. The molecule has 0 aliphatic carbocycles. The summed E-state index contributed by atoms with van der Waals surface area (Å²) in [6, 6.07) is 0. The van der Waals surface area contributed by atoms with Gasteiger partial charge in [0.2, 0.25) is 0 Å². The zero-order chi connectivity index (χ0) is 12.4. The van der Waals surface area contributed by atoms with Crippen LogP contribution < -0.4 is 0 Å². The third-order valence-electron chi connectivity index (χ3n) is 3.16. The Hall–Kier alpha value is -0.440. The Balaban J connectivity index is 3.33. The fourth-order valence-electron chi connectivity index (χ4n) is 1.52. The summed E-state index contributed by atoms with van der Waals surface area (Å²) < 4.78 is 0. The Kier molecular flexibility index (Phi) is 9.49. The molecule has 0 aromatic heterocycles. The van der Waals surface area contributed by atoms with Crippen LogP contribution in [0.3, 0.4) is 0 Å². The van der Waals surface area contributed by atoms with Crippen molar-refractivity contribution in [3.8, 4) is 11.8 Å². The molecule has 0 heteroatoms. The maximum atomic E-state index is 3.34. The molecule has 0 rings (SSSR count). The van der Waals surface area contributed by atoms with Crippen LogP contribution in [0, 0.1) is 29.6 Å². The first kappa shape index (κ1) is 15.6. The molecule has 0 aliphatic rings. The molecule has 0 saturated carbocycles. The summed E-state index contributed by atoms with van der Waals surface area (Å²) in [6.07, 6.45) is 7.91. The highest BCUT2D eigenvalue weighted by molar-refractivity contribution is 5.03. The zero-order valence-corrected chi connectivity index (χ0v) is 12.0. The van der Waals surface area contributed by atoms with Crippen molar-refractivity contribution in [3.63, 3.8) is 0 Å². The van der Waals surface area contributed by atoms with Gasteiger partial charge in [-0.3, -0.25) is 0 Å². The summed E-state index contributed by atoms with van der Waals surface area (Å²) in [6.45, 7) is 11.3. The normalized spacial score (nSPS) is 12.7. The average Bonchev–Trinajstić information content (AvgIpc) is 2.21. The highest BCUT2D eigenvalue weighted by Gasteiger charge is 2.00. The molecule has 0 heterocycles. The molecule has 0 saturated heterocycles. The minimum Gasteiger partial charge on any atom is -0.103 e. The van der Waals surface area contributed by atoms with Crippen LogP contribution in [-0.2, 0) is 0 Å². The van der Waals surface area contributed by atoms with Crippen LogP contribution in [0.1, 0.15) is 73.1 Å². The largest absolute Gasteiger partial charge is 0.103 e. The molecule has 0 nitrogen and oxygen atoms in total. The third kappa shape index (κ3) is 10.1. The van der Waals surface area contributed by atoms with Gasteiger partial charge in [-0.25, -0.2) is 0 Å². The summed E-state index contributed by atoms with van der Waals surface area (Å²) in [4.78, 5) is 0. The maximum Gasteiger partial charge on any atom is 0.0197 e. The second kappa shape index (κ2) is 9.76. The summed E-state index contributed by atoms with van der Waals surface area (Å²) >= 11 is 0. The predicted octanol–water partition coefficient (Wildman–Crippen LogP) is 5.28. The Morgan fingerprint density at radius 1 is 0.812 bits per heavy atom. The van der Waals surface area contributed by atoms with Crippen molar-refractivity contribution in [1.82, 2.24) is 0 Å². The van der Waals surface area contributed by atoms with Gasteiger partial charge in [0, 0.05) is 12.3 Å². The standard InChI is InChI=1S/C16H30/c1-14(2)12-10-8-6-7-9-11-13-16(5)15(3)4/h14-16H,6-10,12H2,1-5H3/t16-/m0/s1. The van der Waals surface area contributed by atoms with Crippen LogP contribution in [0.5, 0.6) is 0 Å². The first-order chi connectivity index (χ1) is 7.54. The van der Waals surface area contributed by atoms with E-state index >= 15 is 0 Å². The van der Waals surface area contributed by atoms with Crippen LogP contribution in [0.4, 0.5) is 0 Å². The summed E-state index contributed by atoms with van der Waals surface area (Å²) in [5.74, 6) is 8.77. The van der Waals surface area contributed by atoms with Crippen LogP contribution >= 0.6 is 0 Å². The van der Waals surface area contributed by atoms with E-state index in [-0.39, 0.29) is 0 Å². The molecule has 0 fully saturated rings. The molecular formula is C16H30. The monoisotopic (exact) mass is 222 g/mol. The molecule has 0 amide bonds. The van der Waals surface area contributed by atoms with Crippen molar-refractivity contribution in [2.45, 2.75) is 73.1 Å². The smallest absolute Gasteiger partial charge is 0.0197 e. The van der Waals surface area contributed by atoms with E-state index in [1.807, 2.05) is 0 Å². The molecule has 0 bridgehead atoms. The Bertz CT molecular complexity index is 202. The minimum absolute atomic E-state index is 0.556. The van der Waals surface area contributed by atoms with E-state index in [0.29, 0.717) is 11.8 Å². The highest BCUT2D eigenvalue weighted by atomic mass is 14.0. The lowest BCUT2D eigenvalue weighted by molar-refractivity contribution is 0.517. The van der Waals surface area contributed by atoms with Crippen molar-refractivity contribution in [2.24, 2.45) is 17.8 Å². The predicted molar refractivity (Wildman–Crippen MR) is 74.3 cm³/mol. The second-order valence-corrected chi connectivity index (χ2v) is 5.70. The van der Waals surface area contributed by atoms with Gasteiger partial charge in [0.1, 0.15) is 0 Å². The SMILES string of the molecule is CC(C)CCCCCCC#C[C@H](C)C(C)C. The fraction of sp³-hybridized carbons (Fsp3) is 0.875. The van der Waals surface area contributed by atoms with E-state index in [2.05, 4.69) is 46.5 Å².